The Labute approximate surface area is 208 Å². The van der Waals surface area contributed by atoms with Gasteiger partial charge in [-0.2, -0.15) is 18.3 Å². The molecule has 1 fully saturated rings. The van der Waals surface area contributed by atoms with Crippen LogP contribution in [0.2, 0.25) is 0 Å². The number of aliphatic hydroxyl groups is 1. The van der Waals surface area contributed by atoms with E-state index in [1.165, 1.54) is 6.20 Å². The fraction of sp³-hybridized carbons (Fsp3) is 0.636. The summed E-state index contributed by atoms with van der Waals surface area (Å²) in [6.07, 6.45) is 1.52. The molecule has 14 heteroatoms. The zero-order chi connectivity index (χ0) is 26.9. The maximum Gasteiger partial charge on any atom is 0.408 e. The van der Waals surface area contributed by atoms with Gasteiger partial charge in [0.05, 0.1) is 23.6 Å². The van der Waals surface area contributed by atoms with Crippen molar-refractivity contribution in [3.63, 3.8) is 0 Å². The van der Waals surface area contributed by atoms with Crippen molar-refractivity contribution in [3.05, 3.63) is 30.5 Å². The highest BCUT2D eigenvalue weighted by Gasteiger charge is 2.46. The molecule has 3 N–H and O–H groups in total. The molecule has 0 aliphatic carbocycles. The molecule has 1 amide bonds. The second-order valence-corrected chi connectivity index (χ2v) is 10.1. The van der Waals surface area contributed by atoms with Crippen LogP contribution < -0.4 is 21.0 Å². The van der Waals surface area contributed by atoms with Gasteiger partial charge in [-0.1, -0.05) is 0 Å². The first-order chi connectivity index (χ1) is 16.6. The van der Waals surface area contributed by atoms with Gasteiger partial charge in [0.2, 0.25) is 0 Å². The number of alkyl halides is 3. The Hall–Kier alpha value is -2.71. The lowest BCUT2D eigenvalue weighted by Gasteiger charge is -2.50. The van der Waals surface area contributed by atoms with Crippen LogP contribution in [-0.4, -0.2) is 88.3 Å². The molecule has 0 unspecified atom stereocenters. The van der Waals surface area contributed by atoms with Crippen LogP contribution in [0.3, 0.4) is 0 Å². The number of nitrogens with zero attached hydrogens (tertiary/aromatic N) is 5. The fourth-order valence-electron chi connectivity index (χ4n) is 3.46. The van der Waals surface area contributed by atoms with Crippen molar-refractivity contribution >= 4 is 24.7 Å². The van der Waals surface area contributed by atoms with E-state index in [2.05, 4.69) is 20.4 Å². The van der Waals surface area contributed by atoms with E-state index in [9.17, 15) is 23.1 Å². The molecule has 1 radical (unpaired) electrons. The molecule has 0 bridgehead atoms. The maximum absolute atomic E-state index is 12.7. The normalized spacial score (nSPS) is 16.9. The average Bonchev–Trinajstić information content (AvgIpc) is 3.22. The van der Waals surface area contributed by atoms with E-state index in [-0.39, 0.29) is 11.2 Å². The van der Waals surface area contributed by atoms with Gasteiger partial charge in [0.1, 0.15) is 23.1 Å². The highest BCUT2D eigenvalue weighted by molar-refractivity contribution is 6.46. The summed E-state index contributed by atoms with van der Waals surface area (Å²) >= 11 is 0. The minimum absolute atomic E-state index is 0.196. The van der Waals surface area contributed by atoms with Gasteiger partial charge in [0.25, 0.3) is 5.91 Å². The molecule has 197 valence electrons. The third-order valence-electron chi connectivity index (χ3n) is 6.56. The quantitative estimate of drug-likeness (QED) is 0.398. The molecule has 0 aromatic carbocycles. The number of hydrogen-bond acceptors (Lipinski definition) is 8. The highest BCUT2D eigenvalue weighted by atomic mass is 19.4. The molecule has 1 aliphatic rings. The summed E-state index contributed by atoms with van der Waals surface area (Å²) in [5.74, 6) is -0.446. The van der Waals surface area contributed by atoms with Gasteiger partial charge in [-0.3, -0.25) is 9.48 Å². The first-order valence-electron chi connectivity index (χ1n) is 11.5. The summed E-state index contributed by atoms with van der Waals surface area (Å²) in [6, 6.07) is -1.99. The number of rotatable bonds is 10. The number of anilines is 1. The Balaban J connectivity index is 1.64. The van der Waals surface area contributed by atoms with Gasteiger partial charge < -0.3 is 25.3 Å². The van der Waals surface area contributed by atoms with E-state index in [0.29, 0.717) is 25.5 Å². The topological polar surface area (TPSA) is 117 Å². The van der Waals surface area contributed by atoms with Crippen LogP contribution in [0.1, 0.15) is 45.1 Å². The van der Waals surface area contributed by atoms with Gasteiger partial charge in [-0.05, 0) is 47.1 Å². The van der Waals surface area contributed by atoms with E-state index in [1.807, 2.05) is 28.1 Å². The number of likely N-dealkylation sites (N-methyl/N-ethyl adjacent to an activating group) is 1. The van der Waals surface area contributed by atoms with E-state index in [0.717, 1.165) is 18.6 Å². The van der Waals surface area contributed by atoms with Gasteiger partial charge in [-0.25, -0.2) is 9.97 Å². The number of carbonyl (C=O) groups is 1. The number of halogens is 3. The number of aromatic nitrogens is 4. The van der Waals surface area contributed by atoms with E-state index < -0.39 is 29.3 Å². The number of hydrogen-bond donors (Lipinski definition) is 3. The van der Waals surface area contributed by atoms with Gasteiger partial charge in [0.15, 0.2) is 0 Å². The molecule has 1 aliphatic heterocycles. The highest BCUT2D eigenvalue weighted by Crippen LogP contribution is 2.31. The van der Waals surface area contributed by atoms with Crippen molar-refractivity contribution in [2.45, 2.75) is 63.6 Å². The minimum Gasteiger partial charge on any atom is -0.427 e. The van der Waals surface area contributed by atoms with Crippen LogP contribution in [0.5, 0.6) is 0 Å². The summed E-state index contributed by atoms with van der Waals surface area (Å²) in [5.41, 5.74) is -1.69. The Morgan fingerprint density at radius 1 is 1.22 bits per heavy atom. The van der Waals surface area contributed by atoms with Crippen LogP contribution in [0.4, 0.5) is 19.0 Å². The average molecular weight is 510 g/mol. The number of carbonyl (C=O) groups excluding carboxylic acids is 1. The number of nitrogens with one attached hydrogen (secondary N) is 2. The Bertz CT molecular complexity index is 1050. The molecular formula is C22H32BF3N7O3. The third-order valence-corrected chi connectivity index (χ3v) is 6.56. The van der Waals surface area contributed by atoms with E-state index in [4.69, 9.17) is 4.65 Å². The van der Waals surface area contributed by atoms with Crippen LogP contribution in [0, 0.1) is 0 Å². The summed E-state index contributed by atoms with van der Waals surface area (Å²) in [7, 11) is 3.41. The van der Waals surface area contributed by atoms with E-state index in [1.54, 1.807) is 41.4 Å². The van der Waals surface area contributed by atoms with Crippen molar-refractivity contribution in [1.29, 1.82) is 0 Å². The van der Waals surface area contributed by atoms with Gasteiger partial charge in [-0.15, -0.1) is 0 Å². The van der Waals surface area contributed by atoms with Crippen molar-refractivity contribution in [1.82, 2.24) is 30.4 Å². The summed E-state index contributed by atoms with van der Waals surface area (Å²) < 4.78 is 45.7. The molecular weight excluding hydrogens is 478 g/mol. The standard InChI is InChI=1S/C22H32BF3N7O3/c1-14(22(24,25)26)31-18(34)16-8-29-17(9-28-16)32-12-21(13-32,11-27-6)33-10-15(7-30-33)23-36-20(4,5)19(2,3)35/h7-10,14,27,35H,11-13H2,1-6H3,(H,31,34)/t14-/m0/s1. The fourth-order valence-corrected chi connectivity index (χ4v) is 3.46. The minimum atomic E-state index is -4.54. The second-order valence-electron chi connectivity index (χ2n) is 10.1. The van der Waals surface area contributed by atoms with Crippen molar-refractivity contribution in [3.8, 4) is 0 Å². The van der Waals surface area contributed by atoms with Crippen molar-refractivity contribution < 1.29 is 27.7 Å². The van der Waals surface area contributed by atoms with Gasteiger partial charge in [0, 0.05) is 32.0 Å². The molecule has 1 atom stereocenters. The Kier molecular flexibility index (Phi) is 7.73. The molecule has 3 rings (SSSR count). The second kappa shape index (κ2) is 9.98. The molecule has 10 nitrogen and oxygen atoms in total. The molecule has 3 heterocycles. The van der Waals surface area contributed by atoms with Gasteiger partial charge >= 0.3 is 13.7 Å². The lowest BCUT2D eigenvalue weighted by Crippen LogP contribution is -2.67. The lowest BCUT2D eigenvalue weighted by molar-refractivity contribution is -0.149. The summed E-state index contributed by atoms with van der Waals surface area (Å²) in [4.78, 5) is 22.2. The lowest BCUT2D eigenvalue weighted by atomic mass is 9.84. The number of amides is 1. The van der Waals surface area contributed by atoms with Crippen LogP contribution in [0.25, 0.3) is 0 Å². The van der Waals surface area contributed by atoms with Crippen LogP contribution >= 0.6 is 0 Å². The maximum atomic E-state index is 12.7. The zero-order valence-electron chi connectivity index (χ0n) is 21.2. The molecule has 2 aromatic heterocycles. The predicted molar refractivity (Wildman–Crippen MR) is 128 cm³/mol. The van der Waals surface area contributed by atoms with Crippen LogP contribution in [0.15, 0.2) is 24.8 Å². The summed E-state index contributed by atoms with van der Waals surface area (Å²) in [5, 5.41) is 19.8. The molecule has 0 saturated carbocycles. The summed E-state index contributed by atoms with van der Waals surface area (Å²) in [6.45, 7) is 9.51. The molecule has 0 spiro atoms. The predicted octanol–water partition coefficient (Wildman–Crippen LogP) is 0.599. The molecule has 36 heavy (non-hydrogen) atoms. The Morgan fingerprint density at radius 2 is 1.89 bits per heavy atom. The third kappa shape index (κ3) is 5.98. The first-order valence-corrected chi connectivity index (χ1v) is 11.5. The smallest absolute Gasteiger partial charge is 0.408 e. The van der Waals surface area contributed by atoms with E-state index >= 15 is 0 Å². The van der Waals surface area contributed by atoms with Crippen LogP contribution in [-0.2, 0) is 10.2 Å². The molecule has 1 saturated heterocycles. The first kappa shape index (κ1) is 27.9. The molecule has 2 aromatic rings. The largest absolute Gasteiger partial charge is 0.427 e. The SMILES string of the molecule is CNCC1(n2cc([B]OC(C)(C)C(C)(C)O)cn2)CN(c2cnc(C(=O)N[C@@H](C)C(F)(F)F)cn2)C1. The monoisotopic (exact) mass is 510 g/mol. The van der Waals surface area contributed by atoms with Crippen molar-refractivity contribution in [2.75, 3.05) is 31.6 Å². The zero-order valence-corrected chi connectivity index (χ0v) is 21.2. The Morgan fingerprint density at radius 3 is 2.42 bits per heavy atom. The van der Waals surface area contributed by atoms with Crippen molar-refractivity contribution in [2.24, 2.45) is 0 Å².